The summed E-state index contributed by atoms with van der Waals surface area (Å²) >= 11 is 0. The van der Waals surface area contributed by atoms with Gasteiger partial charge in [0.1, 0.15) is 5.82 Å². The third-order valence-corrected chi connectivity index (χ3v) is 5.42. The van der Waals surface area contributed by atoms with Crippen molar-refractivity contribution in [3.05, 3.63) is 95.6 Å². The van der Waals surface area contributed by atoms with Crippen LogP contribution < -0.4 is 10.6 Å². The van der Waals surface area contributed by atoms with Gasteiger partial charge in [0.2, 0.25) is 0 Å². The Morgan fingerprint density at radius 1 is 1.10 bits per heavy atom. The molecule has 2 aromatic carbocycles. The summed E-state index contributed by atoms with van der Waals surface area (Å²) in [6.07, 6.45) is 3.58. The Labute approximate surface area is 180 Å². The van der Waals surface area contributed by atoms with Crippen molar-refractivity contribution in [1.29, 1.82) is 0 Å². The molecule has 3 amide bonds. The molecular formula is C24H23FN4O2. The van der Waals surface area contributed by atoms with E-state index in [1.165, 1.54) is 18.2 Å². The molecule has 0 unspecified atom stereocenters. The predicted molar refractivity (Wildman–Crippen MR) is 116 cm³/mol. The molecule has 1 aliphatic heterocycles. The fourth-order valence-corrected chi connectivity index (χ4v) is 3.52. The lowest BCUT2D eigenvalue weighted by Crippen LogP contribution is -2.50. The van der Waals surface area contributed by atoms with E-state index in [-0.39, 0.29) is 23.5 Å². The fraction of sp³-hybridized carbons (Fsp3) is 0.208. The van der Waals surface area contributed by atoms with E-state index in [0.29, 0.717) is 24.7 Å². The molecule has 0 bridgehead atoms. The summed E-state index contributed by atoms with van der Waals surface area (Å²) in [5.74, 6) is -0.468. The molecule has 0 spiro atoms. The van der Waals surface area contributed by atoms with Gasteiger partial charge in [-0.3, -0.25) is 9.78 Å². The van der Waals surface area contributed by atoms with E-state index in [2.05, 4.69) is 15.6 Å². The standard InChI is InChI=1S/C24H23FN4O2/c1-16(27-23(30)18-4-2-6-21(25)12-18)17-7-9-22(10-8-17)28-24(31)29-14-20(15-29)19-5-3-11-26-13-19/h2-13,16,20H,14-15H2,1H3,(H,27,30)(H,28,31)/t16-/m0/s1. The number of halogens is 1. The van der Waals surface area contributed by atoms with E-state index in [1.807, 2.05) is 37.4 Å². The maximum Gasteiger partial charge on any atom is 0.321 e. The van der Waals surface area contributed by atoms with Crippen LogP contribution in [0.15, 0.2) is 73.1 Å². The van der Waals surface area contributed by atoms with Gasteiger partial charge in [-0.15, -0.1) is 0 Å². The maximum atomic E-state index is 13.3. The largest absolute Gasteiger partial charge is 0.346 e. The van der Waals surface area contributed by atoms with Crippen molar-refractivity contribution in [2.24, 2.45) is 0 Å². The topological polar surface area (TPSA) is 74.3 Å². The second kappa shape index (κ2) is 8.95. The van der Waals surface area contributed by atoms with E-state index in [9.17, 15) is 14.0 Å². The number of anilines is 1. The van der Waals surface area contributed by atoms with Gasteiger partial charge in [0, 0.05) is 42.7 Å². The van der Waals surface area contributed by atoms with Crippen LogP contribution >= 0.6 is 0 Å². The van der Waals surface area contributed by atoms with Gasteiger partial charge < -0.3 is 15.5 Å². The summed E-state index contributed by atoms with van der Waals surface area (Å²) in [6, 6.07) is 16.4. The van der Waals surface area contributed by atoms with Crippen LogP contribution in [0.1, 0.15) is 40.4 Å². The first kappa shape index (κ1) is 20.5. The molecule has 158 valence electrons. The Bertz CT molecular complexity index is 1070. The van der Waals surface area contributed by atoms with Crippen molar-refractivity contribution >= 4 is 17.6 Å². The number of urea groups is 1. The number of hydrogen-bond acceptors (Lipinski definition) is 3. The highest BCUT2D eigenvalue weighted by Crippen LogP contribution is 2.27. The van der Waals surface area contributed by atoms with Gasteiger partial charge in [-0.05, 0) is 54.4 Å². The smallest absolute Gasteiger partial charge is 0.321 e. The minimum Gasteiger partial charge on any atom is -0.346 e. The Kier molecular flexibility index (Phi) is 5.93. The second-order valence-corrected chi connectivity index (χ2v) is 7.65. The highest BCUT2D eigenvalue weighted by Gasteiger charge is 2.31. The normalized spacial score (nSPS) is 14.5. The van der Waals surface area contributed by atoms with Gasteiger partial charge in [0.25, 0.3) is 5.91 Å². The zero-order valence-corrected chi connectivity index (χ0v) is 17.1. The number of likely N-dealkylation sites (tertiary alicyclic amines) is 1. The van der Waals surface area contributed by atoms with Crippen LogP contribution in [0.5, 0.6) is 0 Å². The number of pyridine rings is 1. The van der Waals surface area contributed by atoms with Gasteiger partial charge in [0.05, 0.1) is 6.04 Å². The zero-order valence-electron chi connectivity index (χ0n) is 17.1. The van der Waals surface area contributed by atoms with Gasteiger partial charge in [-0.1, -0.05) is 24.3 Å². The van der Waals surface area contributed by atoms with Crippen LogP contribution in [0.3, 0.4) is 0 Å². The SMILES string of the molecule is C[C@H](NC(=O)c1cccc(F)c1)c1ccc(NC(=O)N2CC(c3cccnc3)C2)cc1. The number of aromatic nitrogens is 1. The minimum atomic E-state index is -0.450. The van der Waals surface area contributed by atoms with E-state index < -0.39 is 5.82 Å². The molecule has 2 heterocycles. The number of nitrogens with one attached hydrogen (secondary N) is 2. The maximum absolute atomic E-state index is 13.3. The van der Waals surface area contributed by atoms with Crippen LogP contribution in [0.4, 0.5) is 14.9 Å². The lowest BCUT2D eigenvalue weighted by Gasteiger charge is -2.39. The minimum absolute atomic E-state index is 0.139. The average Bonchev–Trinajstić information content (AvgIpc) is 2.74. The van der Waals surface area contributed by atoms with E-state index in [0.717, 1.165) is 11.1 Å². The molecule has 2 N–H and O–H groups in total. The van der Waals surface area contributed by atoms with Crippen LogP contribution in [0.2, 0.25) is 0 Å². The molecule has 7 heteroatoms. The summed E-state index contributed by atoms with van der Waals surface area (Å²) in [6.45, 7) is 3.18. The third kappa shape index (κ3) is 4.88. The first-order chi connectivity index (χ1) is 15.0. The molecule has 3 aromatic rings. The van der Waals surface area contributed by atoms with Crippen LogP contribution in [-0.2, 0) is 0 Å². The number of hydrogen-bond donors (Lipinski definition) is 2. The molecule has 0 saturated carbocycles. The molecule has 0 aliphatic carbocycles. The van der Waals surface area contributed by atoms with Crippen LogP contribution in [-0.4, -0.2) is 34.9 Å². The van der Waals surface area contributed by atoms with Gasteiger partial charge in [-0.25, -0.2) is 9.18 Å². The quantitative estimate of drug-likeness (QED) is 0.647. The molecule has 6 nitrogen and oxygen atoms in total. The molecule has 1 saturated heterocycles. The predicted octanol–water partition coefficient (Wildman–Crippen LogP) is 4.34. The molecule has 1 aliphatic rings. The van der Waals surface area contributed by atoms with Crippen molar-refractivity contribution in [2.45, 2.75) is 18.9 Å². The summed E-state index contributed by atoms with van der Waals surface area (Å²) in [5.41, 5.74) is 2.98. The molecule has 1 fully saturated rings. The summed E-state index contributed by atoms with van der Waals surface area (Å²) in [4.78, 5) is 30.6. The number of rotatable bonds is 5. The summed E-state index contributed by atoms with van der Waals surface area (Å²) in [5, 5.41) is 5.75. The first-order valence-electron chi connectivity index (χ1n) is 10.1. The molecule has 0 radical (unpaired) electrons. The van der Waals surface area contributed by atoms with Crippen molar-refractivity contribution in [1.82, 2.24) is 15.2 Å². The highest BCUT2D eigenvalue weighted by atomic mass is 19.1. The molecule has 1 atom stereocenters. The first-order valence-corrected chi connectivity index (χ1v) is 10.1. The molecular weight excluding hydrogens is 395 g/mol. The average molecular weight is 418 g/mol. The fourth-order valence-electron chi connectivity index (χ4n) is 3.52. The molecule has 31 heavy (non-hydrogen) atoms. The number of benzene rings is 2. The van der Waals surface area contributed by atoms with E-state index >= 15 is 0 Å². The second-order valence-electron chi connectivity index (χ2n) is 7.65. The Morgan fingerprint density at radius 2 is 1.87 bits per heavy atom. The van der Waals surface area contributed by atoms with Crippen LogP contribution in [0, 0.1) is 5.82 Å². The third-order valence-electron chi connectivity index (χ3n) is 5.42. The summed E-state index contributed by atoms with van der Waals surface area (Å²) < 4.78 is 13.3. The lowest BCUT2D eigenvalue weighted by molar-refractivity contribution is 0.0939. The van der Waals surface area contributed by atoms with Crippen molar-refractivity contribution in [2.75, 3.05) is 18.4 Å². The Hall–Kier alpha value is -3.74. The van der Waals surface area contributed by atoms with Crippen molar-refractivity contribution in [3.63, 3.8) is 0 Å². The monoisotopic (exact) mass is 418 g/mol. The van der Waals surface area contributed by atoms with Crippen molar-refractivity contribution < 1.29 is 14.0 Å². The van der Waals surface area contributed by atoms with Gasteiger partial charge in [-0.2, -0.15) is 0 Å². The lowest BCUT2D eigenvalue weighted by atomic mass is 9.93. The van der Waals surface area contributed by atoms with Gasteiger partial charge in [0.15, 0.2) is 0 Å². The van der Waals surface area contributed by atoms with E-state index in [4.69, 9.17) is 0 Å². The highest BCUT2D eigenvalue weighted by molar-refractivity contribution is 5.94. The van der Waals surface area contributed by atoms with Crippen LogP contribution in [0.25, 0.3) is 0 Å². The Balaban J connectivity index is 1.29. The number of amides is 3. The summed E-state index contributed by atoms with van der Waals surface area (Å²) in [7, 11) is 0. The Morgan fingerprint density at radius 3 is 2.55 bits per heavy atom. The molecule has 1 aromatic heterocycles. The van der Waals surface area contributed by atoms with E-state index in [1.54, 1.807) is 29.3 Å². The van der Waals surface area contributed by atoms with Crippen molar-refractivity contribution in [3.8, 4) is 0 Å². The molecule has 4 rings (SSSR count). The number of nitrogens with zero attached hydrogens (tertiary/aromatic N) is 2. The van der Waals surface area contributed by atoms with Gasteiger partial charge >= 0.3 is 6.03 Å². The number of carbonyl (C=O) groups excluding carboxylic acids is 2. The number of carbonyl (C=O) groups is 2. The zero-order chi connectivity index (χ0) is 21.8.